The van der Waals surface area contributed by atoms with Crippen molar-refractivity contribution in [1.82, 2.24) is 20.8 Å². The summed E-state index contributed by atoms with van der Waals surface area (Å²) in [6.07, 6.45) is 4.97. The summed E-state index contributed by atoms with van der Waals surface area (Å²) in [6.45, 7) is 0. The number of thioether (sulfide) groups is 1. The first-order valence-corrected chi connectivity index (χ1v) is 11.7. The molecule has 3 heterocycles. The highest BCUT2D eigenvalue weighted by Crippen LogP contribution is 2.35. The van der Waals surface area contributed by atoms with Crippen LogP contribution in [0.2, 0.25) is 0 Å². The van der Waals surface area contributed by atoms with Crippen LogP contribution in [0.15, 0.2) is 66.0 Å². The molecule has 0 spiro atoms. The summed E-state index contributed by atoms with van der Waals surface area (Å²) in [6, 6.07) is 15.8. The molecule has 0 bridgehead atoms. The Morgan fingerprint density at radius 3 is 2.48 bits per heavy atom. The summed E-state index contributed by atoms with van der Waals surface area (Å²) < 4.78 is 10.4. The number of amidine groups is 1. The monoisotopic (exact) mass is 466 g/mol. The lowest BCUT2D eigenvalue weighted by atomic mass is 10.00. The van der Waals surface area contributed by atoms with Gasteiger partial charge in [-0.15, -0.1) is 0 Å². The fourth-order valence-corrected chi connectivity index (χ4v) is 4.98. The second kappa shape index (κ2) is 9.24. The van der Waals surface area contributed by atoms with E-state index >= 15 is 0 Å². The number of hydrogen-bond acceptors (Lipinski definition) is 9. The van der Waals surface area contributed by atoms with E-state index in [1.165, 1.54) is 17.3 Å². The maximum absolute atomic E-state index is 12.4. The molecular weight excluding hydrogens is 440 g/mol. The second-order valence-corrected chi connectivity index (χ2v) is 8.85. The summed E-state index contributed by atoms with van der Waals surface area (Å²) in [5.74, 6) is 1.79. The minimum atomic E-state index is -0.0824. The topological polar surface area (TPSA) is 90.5 Å². The van der Waals surface area contributed by atoms with Crippen molar-refractivity contribution in [2.45, 2.75) is 24.7 Å². The van der Waals surface area contributed by atoms with Gasteiger partial charge in [0, 0.05) is 18.1 Å². The van der Waals surface area contributed by atoms with Crippen molar-refractivity contribution in [1.29, 1.82) is 0 Å². The lowest BCUT2D eigenvalue weighted by Gasteiger charge is -2.36. The number of fused-ring (bicyclic) bond motifs is 3. The molecule has 2 aromatic rings. The minimum absolute atomic E-state index is 0.0119. The molecule has 0 aromatic heterocycles. The first kappa shape index (κ1) is 21.5. The smallest absolute Gasteiger partial charge is 0.234 e. The zero-order chi connectivity index (χ0) is 22.8. The molecule has 172 valence electrons. The predicted octanol–water partition coefficient (Wildman–Crippen LogP) is 2.68. The van der Waals surface area contributed by atoms with Crippen LogP contribution in [0.25, 0.3) is 0 Å². The predicted molar refractivity (Wildman–Crippen MR) is 129 cm³/mol. The quantitative estimate of drug-likeness (QED) is 0.599. The van der Waals surface area contributed by atoms with Crippen molar-refractivity contribution in [3.05, 3.63) is 66.5 Å². The summed E-state index contributed by atoms with van der Waals surface area (Å²) in [5.41, 5.74) is 8.77. The molecule has 0 aliphatic carbocycles. The molecule has 3 atom stereocenters. The number of ether oxygens (including phenoxy) is 2. The van der Waals surface area contributed by atoms with Crippen molar-refractivity contribution in [3.8, 4) is 11.5 Å². The number of methoxy groups -OCH3 is 2. The Balaban J connectivity index is 1.16. The minimum Gasteiger partial charge on any atom is -0.497 e. The number of anilines is 1. The number of nitrogens with zero attached hydrogens (tertiary/aromatic N) is 3. The Hall–Kier alpha value is -3.37. The van der Waals surface area contributed by atoms with E-state index in [4.69, 9.17) is 9.47 Å². The molecule has 2 aromatic carbocycles. The number of carbonyl (C=O) groups excluding carboxylic acids is 1. The van der Waals surface area contributed by atoms with Gasteiger partial charge in [-0.3, -0.25) is 10.2 Å². The Labute approximate surface area is 196 Å². The average molecular weight is 467 g/mol. The van der Waals surface area contributed by atoms with Gasteiger partial charge in [0.25, 0.3) is 0 Å². The largest absolute Gasteiger partial charge is 0.497 e. The Morgan fingerprint density at radius 1 is 1.09 bits per heavy atom. The molecule has 5 rings (SSSR count). The van der Waals surface area contributed by atoms with Crippen LogP contribution in [0.4, 0.5) is 5.69 Å². The molecule has 10 heteroatoms. The third-order valence-corrected chi connectivity index (χ3v) is 6.90. The van der Waals surface area contributed by atoms with Gasteiger partial charge in [0.1, 0.15) is 17.7 Å². The summed E-state index contributed by atoms with van der Waals surface area (Å²) in [7, 11) is 3.29. The summed E-state index contributed by atoms with van der Waals surface area (Å²) in [5, 5.41) is 10.3. The lowest BCUT2D eigenvalue weighted by Crippen LogP contribution is -2.54. The van der Waals surface area contributed by atoms with Crippen molar-refractivity contribution in [2.24, 2.45) is 5.10 Å². The fraction of sp³-hybridized carbons (Fsp3) is 0.304. The van der Waals surface area contributed by atoms with E-state index in [2.05, 4.69) is 43.3 Å². The molecule has 3 aliphatic rings. The lowest BCUT2D eigenvalue weighted by molar-refractivity contribution is -0.113. The zero-order valence-corrected chi connectivity index (χ0v) is 19.2. The SMILES string of the molecule is COc1ccc(NC(=O)CSC2=NNC3C4CC(c5ccc(OC)cc5)NN4C=CN23)cc1. The number of hydrazine groups is 1. The number of carbonyl (C=O) groups is 1. The zero-order valence-electron chi connectivity index (χ0n) is 18.4. The molecule has 1 fully saturated rings. The van der Waals surface area contributed by atoms with Crippen molar-refractivity contribution < 1.29 is 14.3 Å². The van der Waals surface area contributed by atoms with E-state index in [-0.39, 0.29) is 29.9 Å². The normalized spacial score (nSPS) is 22.8. The molecular formula is C23H26N6O3S. The fourth-order valence-electron chi connectivity index (χ4n) is 4.21. The van der Waals surface area contributed by atoms with Crippen LogP contribution in [0, 0.1) is 0 Å². The third-order valence-electron chi connectivity index (χ3n) is 5.93. The number of amides is 1. The van der Waals surface area contributed by atoms with E-state index in [9.17, 15) is 4.79 Å². The van der Waals surface area contributed by atoms with Crippen LogP contribution in [-0.4, -0.2) is 53.2 Å². The highest BCUT2D eigenvalue weighted by atomic mass is 32.2. The van der Waals surface area contributed by atoms with Crippen LogP contribution in [0.1, 0.15) is 18.0 Å². The number of hydrazone groups is 1. The standard InChI is InChI=1S/C23H26N6O3S/c1-31-17-7-3-15(4-8-17)19-13-20-22-25-26-23(28(22)11-12-29(20)27-19)33-14-21(30)24-16-5-9-18(32-2)10-6-16/h3-12,19-20,22,25,27H,13-14H2,1-2H3,(H,24,30). The highest BCUT2D eigenvalue weighted by Gasteiger charge is 2.44. The Bertz CT molecular complexity index is 1060. The summed E-state index contributed by atoms with van der Waals surface area (Å²) in [4.78, 5) is 14.5. The maximum atomic E-state index is 12.4. The Morgan fingerprint density at radius 2 is 1.79 bits per heavy atom. The van der Waals surface area contributed by atoms with Crippen LogP contribution in [-0.2, 0) is 4.79 Å². The van der Waals surface area contributed by atoms with Gasteiger partial charge in [0.15, 0.2) is 5.17 Å². The Kier molecular flexibility index (Phi) is 6.01. The molecule has 1 saturated heterocycles. The van der Waals surface area contributed by atoms with E-state index in [0.29, 0.717) is 0 Å². The van der Waals surface area contributed by atoms with Gasteiger partial charge in [-0.1, -0.05) is 23.9 Å². The molecule has 3 aliphatic heterocycles. The number of benzene rings is 2. The van der Waals surface area contributed by atoms with Crippen LogP contribution in [0.5, 0.6) is 11.5 Å². The van der Waals surface area contributed by atoms with Crippen molar-refractivity contribution in [2.75, 3.05) is 25.3 Å². The van der Waals surface area contributed by atoms with Gasteiger partial charge in [0.2, 0.25) is 5.91 Å². The van der Waals surface area contributed by atoms with Crippen LogP contribution < -0.4 is 25.6 Å². The number of rotatable bonds is 6. The molecule has 33 heavy (non-hydrogen) atoms. The first-order chi connectivity index (χ1) is 16.1. The summed E-state index contributed by atoms with van der Waals surface area (Å²) >= 11 is 1.41. The number of hydrogen-bond donors (Lipinski definition) is 3. The average Bonchev–Trinajstić information content (AvgIpc) is 3.47. The van der Waals surface area contributed by atoms with Crippen LogP contribution in [0.3, 0.4) is 0 Å². The second-order valence-electron chi connectivity index (χ2n) is 7.90. The molecule has 1 amide bonds. The number of nitrogens with one attached hydrogen (secondary N) is 3. The molecule has 0 saturated carbocycles. The van der Waals surface area contributed by atoms with E-state index in [1.54, 1.807) is 14.2 Å². The van der Waals surface area contributed by atoms with E-state index in [0.717, 1.165) is 28.8 Å². The molecule has 9 nitrogen and oxygen atoms in total. The van der Waals surface area contributed by atoms with Gasteiger partial charge < -0.3 is 24.7 Å². The first-order valence-electron chi connectivity index (χ1n) is 10.7. The van der Waals surface area contributed by atoms with Crippen molar-refractivity contribution >= 4 is 28.5 Å². The van der Waals surface area contributed by atoms with Gasteiger partial charge in [-0.2, -0.15) is 5.10 Å². The van der Waals surface area contributed by atoms with Crippen molar-refractivity contribution in [3.63, 3.8) is 0 Å². The van der Waals surface area contributed by atoms with Gasteiger partial charge in [-0.05, 0) is 48.4 Å². The molecule has 3 unspecified atom stereocenters. The molecule has 0 radical (unpaired) electrons. The maximum Gasteiger partial charge on any atom is 0.234 e. The molecule has 3 N–H and O–H groups in total. The highest BCUT2D eigenvalue weighted by molar-refractivity contribution is 8.14. The van der Waals surface area contributed by atoms with E-state index < -0.39 is 0 Å². The van der Waals surface area contributed by atoms with Crippen LogP contribution >= 0.6 is 11.8 Å². The third kappa shape index (κ3) is 4.44. The van der Waals surface area contributed by atoms with Gasteiger partial charge >= 0.3 is 0 Å². The van der Waals surface area contributed by atoms with Gasteiger partial charge in [-0.25, -0.2) is 5.43 Å². The van der Waals surface area contributed by atoms with E-state index in [1.807, 2.05) is 48.8 Å². The van der Waals surface area contributed by atoms with Gasteiger partial charge in [0.05, 0.1) is 32.1 Å².